The fourth-order valence-electron chi connectivity index (χ4n) is 1.95. The molecule has 20 heavy (non-hydrogen) atoms. The van der Waals surface area contributed by atoms with Gasteiger partial charge < -0.3 is 14.6 Å². The Hall–Kier alpha value is -1.81. The summed E-state index contributed by atoms with van der Waals surface area (Å²) in [6.07, 6.45) is 0. The van der Waals surface area contributed by atoms with Gasteiger partial charge in [0.1, 0.15) is 17.3 Å². The normalized spacial score (nSPS) is 11.1. The predicted octanol–water partition coefficient (Wildman–Crippen LogP) is 3.55. The van der Waals surface area contributed by atoms with Gasteiger partial charge in [-0.25, -0.2) is 4.39 Å². The standard InChI is InChI=1S/C16H21FN2O/c1-12(2)18-10-15-7-8-16(20-15)11-19(3)14-6-4-5-13(17)9-14/h4-9,12,18H,10-11H2,1-3H3. The van der Waals surface area contributed by atoms with Crippen molar-refractivity contribution in [3.05, 3.63) is 53.7 Å². The van der Waals surface area contributed by atoms with E-state index in [0.717, 1.165) is 23.8 Å². The molecule has 2 rings (SSSR count). The molecule has 3 nitrogen and oxygen atoms in total. The molecule has 0 aliphatic carbocycles. The molecule has 0 saturated heterocycles. The van der Waals surface area contributed by atoms with Crippen molar-refractivity contribution in [3.8, 4) is 0 Å². The molecule has 108 valence electrons. The van der Waals surface area contributed by atoms with Gasteiger partial charge in [0.15, 0.2) is 0 Å². The van der Waals surface area contributed by atoms with Crippen LogP contribution in [0.1, 0.15) is 25.4 Å². The van der Waals surface area contributed by atoms with Gasteiger partial charge in [-0.3, -0.25) is 0 Å². The average molecular weight is 276 g/mol. The third-order valence-electron chi connectivity index (χ3n) is 3.04. The van der Waals surface area contributed by atoms with Gasteiger partial charge in [0.05, 0.1) is 13.1 Å². The Labute approximate surface area is 119 Å². The van der Waals surface area contributed by atoms with E-state index in [2.05, 4.69) is 19.2 Å². The number of hydrogen-bond acceptors (Lipinski definition) is 3. The smallest absolute Gasteiger partial charge is 0.125 e. The van der Waals surface area contributed by atoms with Crippen molar-refractivity contribution in [2.45, 2.75) is 33.0 Å². The van der Waals surface area contributed by atoms with Crippen LogP contribution in [0.5, 0.6) is 0 Å². The van der Waals surface area contributed by atoms with Crippen LogP contribution < -0.4 is 10.2 Å². The molecule has 0 radical (unpaired) electrons. The molecule has 1 N–H and O–H groups in total. The van der Waals surface area contributed by atoms with Crippen LogP contribution >= 0.6 is 0 Å². The highest BCUT2D eigenvalue weighted by Gasteiger charge is 2.07. The number of furan rings is 1. The molecule has 0 unspecified atom stereocenters. The first kappa shape index (κ1) is 14.6. The molecule has 0 fully saturated rings. The average Bonchev–Trinajstić information content (AvgIpc) is 2.84. The van der Waals surface area contributed by atoms with Crippen LogP contribution in [0.4, 0.5) is 10.1 Å². The number of anilines is 1. The van der Waals surface area contributed by atoms with Gasteiger partial charge in [0.25, 0.3) is 0 Å². The van der Waals surface area contributed by atoms with Gasteiger partial charge in [0, 0.05) is 18.8 Å². The third-order valence-corrected chi connectivity index (χ3v) is 3.04. The maximum atomic E-state index is 13.2. The second kappa shape index (κ2) is 6.57. The lowest BCUT2D eigenvalue weighted by Gasteiger charge is -2.17. The Bertz CT molecular complexity index is 551. The van der Waals surface area contributed by atoms with Crippen molar-refractivity contribution in [1.82, 2.24) is 5.32 Å². The topological polar surface area (TPSA) is 28.4 Å². The molecule has 2 aromatic rings. The highest BCUT2D eigenvalue weighted by Crippen LogP contribution is 2.18. The lowest BCUT2D eigenvalue weighted by atomic mass is 10.3. The van der Waals surface area contributed by atoms with Crippen LogP contribution in [0.25, 0.3) is 0 Å². The summed E-state index contributed by atoms with van der Waals surface area (Å²) in [4.78, 5) is 1.96. The first-order valence-corrected chi connectivity index (χ1v) is 6.82. The van der Waals surface area contributed by atoms with Crippen LogP contribution in [-0.2, 0) is 13.1 Å². The molecule has 1 aromatic heterocycles. The minimum atomic E-state index is -0.226. The lowest BCUT2D eigenvalue weighted by molar-refractivity contribution is 0.434. The quantitative estimate of drug-likeness (QED) is 0.874. The summed E-state index contributed by atoms with van der Waals surface area (Å²) in [6, 6.07) is 10.9. The first-order valence-electron chi connectivity index (χ1n) is 6.82. The number of hydrogen-bond donors (Lipinski definition) is 1. The molecule has 0 atom stereocenters. The highest BCUT2D eigenvalue weighted by molar-refractivity contribution is 5.45. The van der Waals surface area contributed by atoms with E-state index in [1.807, 2.05) is 30.1 Å². The van der Waals surface area contributed by atoms with Gasteiger partial charge in [-0.15, -0.1) is 0 Å². The van der Waals surface area contributed by atoms with E-state index >= 15 is 0 Å². The maximum absolute atomic E-state index is 13.2. The summed E-state index contributed by atoms with van der Waals surface area (Å²) in [5.74, 6) is 1.56. The van der Waals surface area contributed by atoms with Gasteiger partial charge >= 0.3 is 0 Å². The molecule has 0 amide bonds. The van der Waals surface area contributed by atoms with E-state index in [0.29, 0.717) is 12.6 Å². The summed E-state index contributed by atoms with van der Waals surface area (Å²) in [5, 5.41) is 3.31. The monoisotopic (exact) mass is 276 g/mol. The number of benzene rings is 1. The number of rotatable bonds is 6. The van der Waals surface area contributed by atoms with E-state index < -0.39 is 0 Å². The molecule has 0 spiro atoms. The third kappa shape index (κ3) is 4.10. The van der Waals surface area contributed by atoms with Crippen molar-refractivity contribution < 1.29 is 8.81 Å². The molecule has 0 saturated carbocycles. The Kier molecular flexibility index (Phi) is 4.79. The van der Waals surface area contributed by atoms with Gasteiger partial charge in [-0.2, -0.15) is 0 Å². The summed E-state index contributed by atoms with van der Waals surface area (Å²) in [6.45, 7) is 5.54. The van der Waals surface area contributed by atoms with Crippen molar-refractivity contribution in [3.63, 3.8) is 0 Å². The summed E-state index contributed by atoms with van der Waals surface area (Å²) >= 11 is 0. The highest BCUT2D eigenvalue weighted by atomic mass is 19.1. The molecular weight excluding hydrogens is 255 g/mol. The fourth-order valence-corrected chi connectivity index (χ4v) is 1.95. The molecule has 4 heteroatoms. The second-order valence-electron chi connectivity index (χ2n) is 5.24. The molecule has 0 aliphatic heterocycles. The molecule has 1 aromatic carbocycles. The van der Waals surface area contributed by atoms with E-state index in [4.69, 9.17) is 4.42 Å². The van der Waals surface area contributed by atoms with Crippen LogP contribution in [0.15, 0.2) is 40.8 Å². The SMILES string of the molecule is CC(C)NCc1ccc(CN(C)c2cccc(F)c2)o1. The zero-order chi connectivity index (χ0) is 14.5. The zero-order valence-corrected chi connectivity index (χ0v) is 12.2. The van der Waals surface area contributed by atoms with Gasteiger partial charge in [-0.05, 0) is 30.3 Å². The van der Waals surface area contributed by atoms with Crippen molar-refractivity contribution in [1.29, 1.82) is 0 Å². The van der Waals surface area contributed by atoms with Crippen LogP contribution in [0.2, 0.25) is 0 Å². The Balaban J connectivity index is 1.96. The predicted molar refractivity (Wildman–Crippen MR) is 79.2 cm³/mol. The minimum Gasteiger partial charge on any atom is -0.463 e. The fraction of sp³-hybridized carbons (Fsp3) is 0.375. The van der Waals surface area contributed by atoms with E-state index in [9.17, 15) is 4.39 Å². The minimum absolute atomic E-state index is 0.226. The van der Waals surface area contributed by atoms with Gasteiger partial charge in [0.2, 0.25) is 0 Å². The number of nitrogens with one attached hydrogen (secondary N) is 1. The number of halogens is 1. The van der Waals surface area contributed by atoms with Crippen LogP contribution in [0.3, 0.4) is 0 Å². The van der Waals surface area contributed by atoms with Gasteiger partial charge in [-0.1, -0.05) is 19.9 Å². The van der Waals surface area contributed by atoms with Crippen molar-refractivity contribution >= 4 is 5.69 Å². The maximum Gasteiger partial charge on any atom is 0.125 e. The van der Waals surface area contributed by atoms with E-state index in [-0.39, 0.29) is 5.82 Å². The molecular formula is C16H21FN2O. The van der Waals surface area contributed by atoms with E-state index in [1.165, 1.54) is 12.1 Å². The Morgan fingerprint density at radius 2 is 1.95 bits per heavy atom. The Morgan fingerprint density at radius 3 is 2.65 bits per heavy atom. The molecule has 0 aliphatic rings. The van der Waals surface area contributed by atoms with Crippen molar-refractivity contribution in [2.24, 2.45) is 0 Å². The second-order valence-corrected chi connectivity index (χ2v) is 5.24. The summed E-state index contributed by atoms with van der Waals surface area (Å²) in [5.41, 5.74) is 0.836. The first-order chi connectivity index (χ1) is 9.54. The molecule has 0 bridgehead atoms. The Morgan fingerprint density at radius 1 is 1.20 bits per heavy atom. The van der Waals surface area contributed by atoms with Crippen molar-refractivity contribution in [2.75, 3.05) is 11.9 Å². The molecule has 1 heterocycles. The van der Waals surface area contributed by atoms with E-state index in [1.54, 1.807) is 6.07 Å². The largest absolute Gasteiger partial charge is 0.463 e. The summed E-state index contributed by atoms with van der Waals surface area (Å²) in [7, 11) is 1.92. The lowest BCUT2D eigenvalue weighted by Crippen LogP contribution is -2.21. The van der Waals surface area contributed by atoms with Crippen LogP contribution in [0, 0.1) is 5.82 Å². The number of nitrogens with zero attached hydrogens (tertiary/aromatic N) is 1. The zero-order valence-electron chi connectivity index (χ0n) is 12.2. The van der Waals surface area contributed by atoms with Crippen LogP contribution in [-0.4, -0.2) is 13.1 Å². The summed E-state index contributed by atoms with van der Waals surface area (Å²) < 4.78 is 18.9.